The summed E-state index contributed by atoms with van der Waals surface area (Å²) in [5.74, 6) is -7.48. The molecule has 24 heteroatoms. The summed E-state index contributed by atoms with van der Waals surface area (Å²) in [4.78, 5) is 77.8. The van der Waals surface area contributed by atoms with E-state index in [1.807, 2.05) is 38.4 Å². The van der Waals surface area contributed by atoms with E-state index in [1.165, 1.54) is 0 Å². The van der Waals surface area contributed by atoms with Gasteiger partial charge in [-0.25, -0.2) is 38.7 Å². The zero-order valence-electron chi connectivity index (χ0n) is 31.1. The van der Waals surface area contributed by atoms with Crippen LogP contribution < -0.4 is 20.1 Å². The van der Waals surface area contributed by atoms with Crippen LogP contribution >= 0.6 is 24.4 Å². The molecular weight excluding hydrogens is 809 g/mol. The van der Waals surface area contributed by atoms with E-state index in [9.17, 15) is 0 Å². The van der Waals surface area contributed by atoms with Crippen molar-refractivity contribution >= 4 is 81.9 Å². The number of thiocarbonyl (C=S) groups is 2. The minimum Gasteiger partial charge on any atom is -0.473 e. The summed E-state index contributed by atoms with van der Waals surface area (Å²) in [6, 6.07) is 7.71. The Morgan fingerprint density at radius 2 is 0.966 bits per heavy atom. The van der Waals surface area contributed by atoms with Gasteiger partial charge in [-0.1, -0.05) is 24.4 Å². The smallest absolute Gasteiger partial charge is 0.414 e. The normalized spacial score (nSPS) is 17.2. The van der Waals surface area contributed by atoms with Gasteiger partial charge in [-0.15, -0.1) is 0 Å². The van der Waals surface area contributed by atoms with E-state index in [-0.39, 0.29) is 12.2 Å². The van der Waals surface area contributed by atoms with Crippen LogP contribution in [0.1, 0.15) is 36.8 Å². The Balaban J connectivity index is 0.000000284. The Bertz CT molecular complexity index is 1710. The fraction of sp³-hybridized carbons (Fsp3) is 0.412. The van der Waals surface area contributed by atoms with Gasteiger partial charge in [0.2, 0.25) is 11.8 Å². The van der Waals surface area contributed by atoms with Crippen molar-refractivity contribution < 1.29 is 68.9 Å². The molecule has 4 aliphatic heterocycles. The number of aliphatic imine (C=N–C) groups is 2. The zero-order chi connectivity index (χ0) is 43.4. The molecule has 0 aromatic carbocycles. The molecule has 2 unspecified atom stereocenters. The van der Waals surface area contributed by atoms with Gasteiger partial charge >= 0.3 is 35.8 Å². The number of pyridine rings is 2. The van der Waals surface area contributed by atoms with E-state index in [0.717, 1.165) is 97.7 Å². The highest BCUT2D eigenvalue weighted by atomic mass is 32.1. The van der Waals surface area contributed by atoms with Crippen LogP contribution in [-0.2, 0) is 28.8 Å². The van der Waals surface area contributed by atoms with Crippen molar-refractivity contribution in [2.45, 2.75) is 37.9 Å². The maximum atomic E-state index is 9.10. The largest absolute Gasteiger partial charge is 0.473 e. The molecule has 6 rings (SSSR count). The second kappa shape index (κ2) is 24.2. The quantitative estimate of drug-likeness (QED) is 0.139. The van der Waals surface area contributed by atoms with Gasteiger partial charge in [0.05, 0.1) is 49.0 Å². The third kappa shape index (κ3) is 16.7. The van der Waals surface area contributed by atoms with Crippen molar-refractivity contribution in [2.24, 2.45) is 9.98 Å². The molecule has 0 amide bonds. The van der Waals surface area contributed by atoms with Crippen molar-refractivity contribution in [3.63, 3.8) is 0 Å². The number of carboxylic acids is 6. The fourth-order valence-corrected chi connectivity index (χ4v) is 5.46. The Morgan fingerprint density at radius 1 is 0.638 bits per heavy atom. The third-order valence-electron chi connectivity index (χ3n) is 7.65. The van der Waals surface area contributed by atoms with Crippen molar-refractivity contribution in [3.05, 3.63) is 47.8 Å². The monoisotopic (exact) mass is 850 g/mol. The van der Waals surface area contributed by atoms with Crippen LogP contribution in [0.25, 0.3) is 0 Å². The van der Waals surface area contributed by atoms with Gasteiger partial charge < -0.3 is 60.5 Å². The number of carbonyl (C=O) groups is 6. The van der Waals surface area contributed by atoms with Crippen molar-refractivity contribution in [2.75, 3.05) is 53.4 Å². The predicted octanol–water partition coefficient (Wildman–Crippen LogP) is -0.0696. The second-order valence-electron chi connectivity index (χ2n) is 12.0. The minimum absolute atomic E-state index is 0.0826. The van der Waals surface area contributed by atoms with Gasteiger partial charge in [-0.2, -0.15) is 0 Å². The van der Waals surface area contributed by atoms with Gasteiger partial charge in [0.25, 0.3) is 0 Å². The van der Waals surface area contributed by atoms with Gasteiger partial charge in [0.15, 0.2) is 0 Å². The molecule has 0 bridgehead atoms. The van der Waals surface area contributed by atoms with Crippen LogP contribution in [0.2, 0.25) is 0 Å². The molecule has 0 spiro atoms. The predicted molar refractivity (Wildman–Crippen MR) is 211 cm³/mol. The minimum atomic E-state index is -1.82. The van der Waals surface area contributed by atoms with Crippen molar-refractivity contribution in [3.8, 4) is 11.8 Å². The Morgan fingerprint density at radius 3 is 1.24 bits per heavy atom. The lowest BCUT2D eigenvalue weighted by Gasteiger charge is -2.21. The summed E-state index contributed by atoms with van der Waals surface area (Å²) in [6.07, 6.45) is 7.29. The van der Waals surface area contributed by atoms with Crippen LogP contribution in [0.4, 0.5) is 0 Å². The first kappa shape index (κ1) is 47.6. The first-order chi connectivity index (χ1) is 27.4. The highest BCUT2D eigenvalue weighted by Gasteiger charge is 2.27. The van der Waals surface area contributed by atoms with E-state index >= 15 is 0 Å². The summed E-state index contributed by atoms with van der Waals surface area (Å²) in [7, 11) is 4.01. The summed E-state index contributed by atoms with van der Waals surface area (Å²) in [6.45, 7) is 5.24. The van der Waals surface area contributed by atoms with Crippen LogP contribution in [0.15, 0.2) is 46.6 Å². The molecule has 4 aliphatic rings. The molecule has 0 fully saturated rings. The number of hydrogen-bond donors (Lipinski definition) is 8. The summed E-state index contributed by atoms with van der Waals surface area (Å²) < 4.78 is 12.1. The highest BCUT2D eigenvalue weighted by Crippen LogP contribution is 2.25. The van der Waals surface area contributed by atoms with E-state index in [0.29, 0.717) is 11.8 Å². The average Bonchev–Trinajstić information content (AvgIpc) is 3.88. The number of amidine groups is 2. The summed E-state index contributed by atoms with van der Waals surface area (Å²) >= 11 is 11.0. The first-order valence-corrected chi connectivity index (χ1v) is 17.9. The lowest BCUT2D eigenvalue weighted by atomic mass is 10.2. The second-order valence-corrected chi connectivity index (χ2v) is 12.8. The fourth-order valence-electron chi connectivity index (χ4n) is 5.00. The van der Waals surface area contributed by atoms with E-state index in [2.05, 4.69) is 40.4 Å². The molecule has 314 valence electrons. The van der Waals surface area contributed by atoms with Crippen LogP contribution in [0.3, 0.4) is 0 Å². The molecule has 6 heterocycles. The van der Waals surface area contributed by atoms with Crippen molar-refractivity contribution in [1.82, 2.24) is 30.4 Å². The lowest BCUT2D eigenvalue weighted by Crippen LogP contribution is -2.34. The number of nitrogens with one attached hydrogen (secondary N) is 2. The molecule has 58 heavy (non-hydrogen) atoms. The number of aromatic nitrogens is 2. The zero-order valence-corrected chi connectivity index (χ0v) is 32.8. The van der Waals surface area contributed by atoms with E-state index < -0.39 is 35.8 Å². The summed E-state index contributed by atoms with van der Waals surface area (Å²) in [5.41, 5.74) is 1.81. The number of rotatable bonds is 6. The maximum absolute atomic E-state index is 9.10. The molecule has 0 radical (unpaired) electrons. The standard InChI is InChI=1S/2C14H18N4OS.3C2H2O4/c2*1-18-9-10(4-5-12-15-7-8-16-12)19-13-11(14(18)20)3-2-6-17-13;3*3-1(4)2(5)6/h2*2-3,6,10H,4-5,7-9H2,1H3,(H,15,16);3*(H,3,4)(H,5,6). The number of fused-ring (bicyclic) bond motifs is 2. The number of ether oxygens (including phenoxy) is 2. The molecule has 0 saturated carbocycles. The van der Waals surface area contributed by atoms with Crippen LogP contribution in [-0.4, -0.2) is 173 Å². The Labute approximate surface area is 341 Å². The number of aliphatic carboxylic acids is 6. The molecule has 0 aliphatic carbocycles. The number of nitrogens with zero attached hydrogens (tertiary/aromatic N) is 6. The molecule has 0 saturated heterocycles. The SMILES string of the molecule is CN1CC(CCC2=NCCN2)Oc2ncccc2C1=S.CN1CC(CCC2=NCCN2)Oc2ncccc2C1=S.O=C(O)C(=O)O.O=C(O)C(=O)O.O=C(O)C(=O)O. The third-order valence-corrected chi connectivity index (χ3v) is 8.71. The molecule has 2 aromatic heterocycles. The van der Waals surface area contributed by atoms with Gasteiger partial charge in [0.1, 0.15) is 22.2 Å². The lowest BCUT2D eigenvalue weighted by molar-refractivity contribution is -0.159. The number of hydrogen-bond acceptors (Lipinski definition) is 16. The van der Waals surface area contributed by atoms with Crippen molar-refractivity contribution in [1.29, 1.82) is 0 Å². The molecule has 8 N–H and O–H groups in total. The highest BCUT2D eigenvalue weighted by molar-refractivity contribution is 7.81. The van der Waals surface area contributed by atoms with Gasteiger partial charge in [0, 0.05) is 52.4 Å². The van der Waals surface area contributed by atoms with Gasteiger partial charge in [-0.3, -0.25) is 9.98 Å². The van der Waals surface area contributed by atoms with Gasteiger partial charge in [-0.05, 0) is 37.1 Å². The Hall–Kier alpha value is -6.56. The van der Waals surface area contributed by atoms with E-state index in [4.69, 9.17) is 93.3 Å². The number of carboxylic acid groups (broad SMARTS) is 6. The molecule has 2 aromatic rings. The van der Waals surface area contributed by atoms with Crippen LogP contribution in [0.5, 0.6) is 11.8 Å². The average molecular weight is 851 g/mol. The molecule has 22 nitrogen and oxygen atoms in total. The Kier molecular flexibility index (Phi) is 19.8. The first-order valence-electron chi connectivity index (χ1n) is 17.1. The van der Waals surface area contributed by atoms with Crippen LogP contribution in [0, 0.1) is 0 Å². The molecular formula is C34H42N8O14S2. The topological polar surface area (TPSA) is 323 Å². The molecule has 2 atom stereocenters. The van der Waals surface area contributed by atoms with E-state index in [1.54, 1.807) is 12.4 Å². The maximum Gasteiger partial charge on any atom is 0.414 e. The number of likely N-dealkylation sites (N-methyl/N-ethyl adjacent to an activating group) is 2. The summed E-state index contributed by atoms with van der Waals surface area (Å²) in [5, 5.41) is 50.9.